The van der Waals surface area contributed by atoms with Gasteiger partial charge in [0.1, 0.15) is 6.10 Å². The number of hydrogen-bond acceptors (Lipinski definition) is 2. The highest BCUT2D eigenvalue weighted by Crippen LogP contribution is 2.23. The van der Waals surface area contributed by atoms with Gasteiger partial charge in [-0.2, -0.15) is 0 Å². The van der Waals surface area contributed by atoms with Crippen LogP contribution in [0.4, 0.5) is 18.0 Å². The second kappa shape index (κ2) is 4.20. The third-order valence-corrected chi connectivity index (χ3v) is 1.80. The van der Waals surface area contributed by atoms with Crippen molar-refractivity contribution in [2.45, 2.75) is 13.0 Å². The maximum atomic E-state index is 13.1. The number of primary amides is 1. The van der Waals surface area contributed by atoms with Crippen molar-refractivity contribution in [1.29, 1.82) is 0 Å². The average Bonchev–Trinajstić information content (AvgIpc) is 2.13. The Morgan fingerprint density at radius 1 is 1.33 bits per heavy atom. The lowest BCUT2D eigenvalue weighted by Gasteiger charge is -2.12. The molecule has 3 nitrogen and oxygen atoms in total. The summed E-state index contributed by atoms with van der Waals surface area (Å²) in [7, 11) is 0. The van der Waals surface area contributed by atoms with Crippen LogP contribution in [0.1, 0.15) is 18.6 Å². The van der Waals surface area contributed by atoms with Crippen molar-refractivity contribution in [3.8, 4) is 0 Å². The van der Waals surface area contributed by atoms with Gasteiger partial charge in [-0.25, -0.2) is 18.0 Å². The van der Waals surface area contributed by atoms with E-state index >= 15 is 0 Å². The quantitative estimate of drug-likeness (QED) is 0.775. The standard InChI is InChI=1S/C9H8F3NO2/c1-4(15-9(13)14)5-2-3-6(10)8(12)7(5)11/h2-4H,1H3,(H2,13,14). The average molecular weight is 219 g/mol. The van der Waals surface area contributed by atoms with Crippen molar-refractivity contribution in [2.24, 2.45) is 5.73 Å². The molecule has 0 saturated carbocycles. The van der Waals surface area contributed by atoms with Gasteiger partial charge in [-0.15, -0.1) is 0 Å². The highest BCUT2D eigenvalue weighted by Gasteiger charge is 2.19. The number of ether oxygens (including phenoxy) is 1. The first-order valence-corrected chi connectivity index (χ1v) is 4.03. The SMILES string of the molecule is CC(OC(N)=O)c1ccc(F)c(F)c1F. The smallest absolute Gasteiger partial charge is 0.405 e. The van der Waals surface area contributed by atoms with Crippen LogP contribution in [-0.2, 0) is 4.74 Å². The minimum atomic E-state index is -1.60. The topological polar surface area (TPSA) is 52.3 Å². The number of rotatable bonds is 2. The Morgan fingerprint density at radius 2 is 1.93 bits per heavy atom. The molecule has 0 fully saturated rings. The van der Waals surface area contributed by atoms with Gasteiger partial charge in [0.15, 0.2) is 17.5 Å². The molecule has 1 atom stereocenters. The largest absolute Gasteiger partial charge is 0.442 e. The summed E-state index contributed by atoms with van der Waals surface area (Å²) in [5.74, 6) is -4.29. The monoisotopic (exact) mass is 219 g/mol. The van der Waals surface area contributed by atoms with Crippen LogP contribution in [0.15, 0.2) is 12.1 Å². The summed E-state index contributed by atoms with van der Waals surface area (Å²) in [5.41, 5.74) is 4.43. The lowest BCUT2D eigenvalue weighted by Crippen LogP contribution is -2.16. The molecule has 0 saturated heterocycles. The molecule has 1 aromatic carbocycles. The number of benzene rings is 1. The molecule has 6 heteroatoms. The van der Waals surface area contributed by atoms with E-state index in [0.717, 1.165) is 12.1 Å². The van der Waals surface area contributed by atoms with Gasteiger partial charge in [0.25, 0.3) is 0 Å². The van der Waals surface area contributed by atoms with Gasteiger partial charge in [-0.05, 0) is 19.1 Å². The first kappa shape index (κ1) is 11.4. The summed E-state index contributed by atoms with van der Waals surface area (Å²) in [6.07, 6.45) is -2.19. The predicted octanol–water partition coefficient (Wildman–Crippen LogP) is 2.26. The van der Waals surface area contributed by atoms with Crippen molar-refractivity contribution < 1.29 is 22.7 Å². The summed E-state index contributed by atoms with van der Waals surface area (Å²) >= 11 is 0. The van der Waals surface area contributed by atoms with Gasteiger partial charge in [0.05, 0.1) is 0 Å². The number of amides is 1. The Hall–Kier alpha value is -1.72. The summed E-state index contributed by atoms with van der Waals surface area (Å²) in [6, 6.07) is 1.73. The van der Waals surface area contributed by atoms with Gasteiger partial charge in [-0.3, -0.25) is 0 Å². The predicted molar refractivity (Wildman–Crippen MR) is 45.4 cm³/mol. The van der Waals surface area contributed by atoms with E-state index in [4.69, 9.17) is 5.73 Å². The minimum absolute atomic E-state index is 0.271. The number of halogens is 3. The Balaban J connectivity index is 3.05. The minimum Gasteiger partial charge on any atom is -0.442 e. The molecule has 0 aliphatic heterocycles. The van der Waals surface area contributed by atoms with Crippen LogP contribution >= 0.6 is 0 Å². The second-order valence-electron chi connectivity index (χ2n) is 2.84. The number of nitrogens with two attached hydrogens (primary N) is 1. The zero-order valence-electron chi connectivity index (χ0n) is 7.76. The molecule has 0 heterocycles. The van der Waals surface area contributed by atoms with Gasteiger partial charge in [0, 0.05) is 5.56 Å². The van der Waals surface area contributed by atoms with Crippen LogP contribution in [0.5, 0.6) is 0 Å². The van der Waals surface area contributed by atoms with E-state index < -0.39 is 29.6 Å². The highest BCUT2D eigenvalue weighted by atomic mass is 19.2. The first-order chi connectivity index (χ1) is 6.93. The van der Waals surface area contributed by atoms with Crippen molar-refractivity contribution >= 4 is 6.09 Å². The second-order valence-corrected chi connectivity index (χ2v) is 2.84. The summed E-state index contributed by atoms with van der Waals surface area (Å²) in [4.78, 5) is 10.4. The van der Waals surface area contributed by atoms with Gasteiger partial charge >= 0.3 is 6.09 Å². The molecule has 1 rings (SSSR count). The van der Waals surface area contributed by atoms with E-state index in [2.05, 4.69) is 4.74 Å². The maximum Gasteiger partial charge on any atom is 0.405 e. The molecule has 1 aromatic rings. The Kier molecular flexibility index (Phi) is 3.18. The lowest BCUT2D eigenvalue weighted by molar-refractivity contribution is 0.114. The van der Waals surface area contributed by atoms with Crippen molar-refractivity contribution in [3.63, 3.8) is 0 Å². The third kappa shape index (κ3) is 2.39. The van der Waals surface area contributed by atoms with Crippen molar-refractivity contribution in [2.75, 3.05) is 0 Å². The molecule has 0 bridgehead atoms. The fourth-order valence-corrected chi connectivity index (χ4v) is 1.09. The molecular formula is C9H8F3NO2. The lowest BCUT2D eigenvalue weighted by atomic mass is 10.1. The van der Waals surface area contributed by atoms with Crippen LogP contribution in [0.25, 0.3) is 0 Å². The summed E-state index contributed by atoms with van der Waals surface area (Å²) in [5, 5.41) is 0. The van der Waals surface area contributed by atoms with Crippen molar-refractivity contribution in [1.82, 2.24) is 0 Å². The molecule has 0 spiro atoms. The van der Waals surface area contributed by atoms with E-state index in [1.165, 1.54) is 6.92 Å². The third-order valence-electron chi connectivity index (χ3n) is 1.80. The number of carbonyl (C=O) groups is 1. The molecule has 15 heavy (non-hydrogen) atoms. The van der Waals surface area contributed by atoms with E-state index in [-0.39, 0.29) is 5.56 Å². The molecule has 0 aromatic heterocycles. The molecule has 0 aliphatic rings. The van der Waals surface area contributed by atoms with Crippen LogP contribution < -0.4 is 5.73 Å². The van der Waals surface area contributed by atoms with Crippen LogP contribution in [0, 0.1) is 17.5 Å². The van der Waals surface area contributed by atoms with Crippen LogP contribution in [0.3, 0.4) is 0 Å². The van der Waals surface area contributed by atoms with Gasteiger partial charge in [-0.1, -0.05) is 0 Å². The Labute approximate surface area is 83.6 Å². The zero-order valence-corrected chi connectivity index (χ0v) is 7.76. The fraction of sp³-hybridized carbons (Fsp3) is 0.222. The molecule has 1 amide bonds. The zero-order chi connectivity index (χ0) is 11.6. The normalized spacial score (nSPS) is 12.3. The molecule has 2 N–H and O–H groups in total. The van der Waals surface area contributed by atoms with E-state index in [9.17, 15) is 18.0 Å². The summed E-state index contributed by atoms with van der Waals surface area (Å²) in [6.45, 7) is 1.29. The van der Waals surface area contributed by atoms with Gasteiger partial charge in [0.2, 0.25) is 0 Å². The number of hydrogen-bond donors (Lipinski definition) is 1. The Morgan fingerprint density at radius 3 is 2.47 bits per heavy atom. The molecular weight excluding hydrogens is 211 g/mol. The Bertz CT molecular complexity index is 395. The van der Waals surface area contributed by atoms with E-state index in [1.807, 2.05) is 0 Å². The number of carbonyl (C=O) groups excluding carboxylic acids is 1. The van der Waals surface area contributed by atoms with Crippen LogP contribution in [0.2, 0.25) is 0 Å². The van der Waals surface area contributed by atoms with Crippen LogP contribution in [-0.4, -0.2) is 6.09 Å². The molecule has 0 radical (unpaired) electrons. The van der Waals surface area contributed by atoms with E-state index in [1.54, 1.807) is 0 Å². The highest BCUT2D eigenvalue weighted by molar-refractivity contribution is 5.65. The molecule has 0 aliphatic carbocycles. The molecule has 82 valence electrons. The fourth-order valence-electron chi connectivity index (χ4n) is 1.09. The van der Waals surface area contributed by atoms with E-state index in [0.29, 0.717) is 0 Å². The maximum absolute atomic E-state index is 13.1. The first-order valence-electron chi connectivity index (χ1n) is 4.03. The van der Waals surface area contributed by atoms with Gasteiger partial charge < -0.3 is 10.5 Å². The molecule has 1 unspecified atom stereocenters. The van der Waals surface area contributed by atoms with Crippen molar-refractivity contribution in [3.05, 3.63) is 35.1 Å². The summed E-state index contributed by atoms with van der Waals surface area (Å²) < 4.78 is 42.8.